The molecular formula is C19H24F2N4. The first-order valence-electron chi connectivity index (χ1n) is 9.19. The zero-order valence-corrected chi connectivity index (χ0v) is 14.8. The number of nitrogens with zero attached hydrogens (tertiary/aromatic N) is 4. The molecule has 4 nitrogen and oxygen atoms in total. The first-order chi connectivity index (χ1) is 11.9. The Hall–Kier alpha value is -1.85. The molecule has 0 unspecified atom stereocenters. The molecule has 134 valence electrons. The van der Waals surface area contributed by atoms with Gasteiger partial charge in [-0.05, 0) is 51.5 Å². The quantitative estimate of drug-likeness (QED) is 0.817. The van der Waals surface area contributed by atoms with E-state index in [4.69, 9.17) is 9.97 Å². The smallest absolute Gasteiger partial charge is 0.237 e. The molecule has 6 heteroatoms. The van der Waals surface area contributed by atoms with Crippen molar-refractivity contribution in [1.82, 2.24) is 19.7 Å². The van der Waals surface area contributed by atoms with Gasteiger partial charge in [0.15, 0.2) is 5.82 Å². The van der Waals surface area contributed by atoms with Crippen LogP contribution in [0.15, 0.2) is 12.1 Å². The Bertz CT molecular complexity index is 770. The maximum absolute atomic E-state index is 13.4. The van der Waals surface area contributed by atoms with Gasteiger partial charge in [0.05, 0.1) is 5.69 Å². The topological polar surface area (TPSA) is 43.6 Å². The number of aromatic nitrogens is 4. The maximum Gasteiger partial charge on any atom is 0.248 e. The third kappa shape index (κ3) is 3.72. The minimum Gasteiger partial charge on any atom is -0.237 e. The molecule has 2 aliphatic carbocycles. The number of hydrogen-bond donors (Lipinski definition) is 0. The Morgan fingerprint density at radius 2 is 1.80 bits per heavy atom. The van der Waals surface area contributed by atoms with E-state index in [-0.39, 0.29) is 18.8 Å². The summed E-state index contributed by atoms with van der Waals surface area (Å²) in [5.41, 5.74) is 3.08. The Morgan fingerprint density at radius 1 is 1.08 bits per heavy atom. The predicted octanol–water partition coefficient (Wildman–Crippen LogP) is 4.52. The summed E-state index contributed by atoms with van der Waals surface area (Å²) in [6.07, 6.45) is 4.11. The Morgan fingerprint density at radius 3 is 2.40 bits per heavy atom. The van der Waals surface area contributed by atoms with E-state index in [1.54, 1.807) is 0 Å². The van der Waals surface area contributed by atoms with Crippen molar-refractivity contribution in [3.8, 4) is 5.82 Å². The maximum atomic E-state index is 13.4. The van der Waals surface area contributed by atoms with Crippen LogP contribution in [0.4, 0.5) is 8.78 Å². The van der Waals surface area contributed by atoms with E-state index in [1.165, 1.54) is 12.8 Å². The minimum absolute atomic E-state index is 0.00962. The van der Waals surface area contributed by atoms with Gasteiger partial charge in [-0.2, -0.15) is 5.10 Å². The van der Waals surface area contributed by atoms with Gasteiger partial charge in [-0.25, -0.2) is 23.4 Å². The highest BCUT2D eigenvalue weighted by Gasteiger charge is 2.35. The fourth-order valence-electron chi connectivity index (χ4n) is 3.71. The summed E-state index contributed by atoms with van der Waals surface area (Å²) < 4.78 is 28.6. The Kier molecular flexibility index (Phi) is 4.08. The molecule has 2 aliphatic rings. The molecule has 2 fully saturated rings. The zero-order valence-electron chi connectivity index (χ0n) is 14.8. The van der Waals surface area contributed by atoms with Gasteiger partial charge in [-0.3, -0.25) is 0 Å². The molecule has 0 atom stereocenters. The third-order valence-electron chi connectivity index (χ3n) is 5.31. The highest BCUT2D eigenvalue weighted by atomic mass is 19.3. The first kappa shape index (κ1) is 16.6. The van der Waals surface area contributed by atoms with Crippen molar-refractivity contribution in [2.45, 2.75) is 70.6 Å². The Labute approximate surface area is 146 Å². The highest BCUT2D eigenvalue weighted by molar-refractivity contribution is 5.31. The fourth-order valence-corrected chi connectivity index (χ4v) is 3.71. The van der Waals surface area contributed by atoms with Gasteiger partial charge in [0.2, 0.25) is 5.92 Å². The van der Waals surface area contributed by atoms with Crippen LogP contribution in [0.3, 0.4) is 0 Å². The van der Waals surface area contributed by atoms with Crippen LogP contribution in [-0.4, -0.2) is 25.7 Å². The van der Waals surface area contributed by atoms with Crippen LogP contribution in [0.2, 0.25) is 0 Å². The second-order valence-electron chi connectivity index (χ2n) is 7.68. The van der Waals surface area contributed by atoms with E-state index in [9.17, 15) is 8.78 Å². The van der Waals surface area contributed by atoms with Crippen molar-refractivity contribution in [1.29, 1.82) is 0 Å². The van der Waals surface area contributed by atoms with Crippen molar-refractivity contribution >= 4 is 0 Å². The molecule has 4 rings (SSSR count). The van der Waals surface area contributed by atoms with Crippen molar-refractivity contribution in [3.63, 3.8) is 0 Å². The summed E-state index contributed by atoms with van der Waals surface area (Å²) in [5.74, 6) is -0.126. The van der Waals surface area contributed by atoms with Gasteiger partial charge in [-0.15, -0.1) is 0 Å². The van der Waals surface area contributed by atoms with Gasteiger partial charge in [0.1, 0.15) is 5.82 Å². The van der Waals surface area contributed by atoms with E-state index in [1.807, 2.05) is 30.7 Å². The fraction of sp³-hybridized carbons (Fsp3) is 0.632. The molecule has 0 saturated heterocycles. The van der Waals surface area contributed by atoms with E-state index in [2.05, 4.69) is 5.10 Å². The van der Waals surface area contributed by atoms with E-state index in [0.717, 1.165) is 28.7 Å². The lowest BCUT2D eigenvalue weighted by Gasteiger charge is -2.27. The molecule has 2 saturated carbocycles. The zero-order chi connectivity index (χ0) is 17.6. The predicted molar refractivity (Wildman–Crippen MR) is 91.2 cm³/mol. The molecule has 2 heterocycles. The van der Waals surface area contributed by atoms with Crippen LogP contribution < -0.4 is 0 Å². The van der Waals surface area contributed by atoms with Crippen molar-refractivity contribution in [2.75, 3.05) is 0 Å². The highest BCUT2D eigenvalue weighted by Crippen LogP contribution is 2.40. The number of alkyl halides is 2. The van der Waals surface area contributed by atoms with Gasteiger partial charge >= 0.3 is 0 Å². The van der Waals surface area contributed by atoms with Gasteiger partial charge < -0.3 is 0 Å². The second kappa shape index (κ2) is 6.15. The van der Waals surface area contributed by atoms with Crippen LogP contribution >= 0.6 is 0 Å². The second-order valence-corrected chi connectivity index (χ2v) is 7.68. The van der Waals surface area contributed by atoms with Crippen LogP contribution in [0, 0.1) is 19.8 Å². The largest absolute Gasteiger partial charge is 0.248 e. The molecular weight excluding hydrogens is 322 g/mol. The van der Waals surface area contributed by atoms with E-state index in [0.29, 0.717) is 25.2 Å². The van der Waals surface area contributed by atoms with Gasteiger partial charge in [0.25, 0.3) is 0 Å². The minimum atomic E-state index is -2.48. The van der Waals surface area contributed by atoms with Crippen molar-refractivity contribution in [2.24, 2.45) is 5.92 Å². The molecule has 0 amide bonds. The molecule has 2 aromatic heterocycles. The first-order valence-corrected chi connectivity index (χ1v) is 9.19. The average Bonchev–Trinajstić information content (AvgIpc) is 3.34. The lowest BCUT2D eigenvalue weighted by atomic mass is 9.84. The summed E-state index contributed by atoms with van der Waals surface area (Å²) >= 11 is 0. The summed E-state index contributed by atoms with van der Waals surface area (Å²) in [5, 5.41) is 4.54. The Balaban J connectivity index is 1.60. The monoisotopic (exact) mass is 346 g/mol. The van der Waals surface area contributed by atoms with E-state index >= 15 is 0 Å². The lowest BCUT2D eigenvalue weighted by Crippen LogP contribution is -2.26. The van der Waals surface area contributed by atoms with Crippen LogP contribution in [0.1, 0.15) is 67.3 Å². The van der Waals surface area contributed by atoms with E-state index < -0.39 is 5.92 Å². The van der Waals surface area contributed by atoms with Crippen LogP contribution in [-0.2, 0) is 6.42 Å². The molecule has 2 aromatic rings. The number of aryl methyl sites for hydroxylation is 2. The average molecular weight is 346 g/mol. The summed E-state index contributed by atoms with van der Waals surface area (Å²) in [7, 11) is 0. The van der Waals surface area contributed by atoms with Crippen molar-refractivity contribution in [3.05, 3.63) is 35.0 Å². The molecule has 0 aliphatic heterocycles. The standard InChI is InChI=1S/C19H24F2N4/c1-12-9-13(2)25(24-12)18-11-16(15-3-4-15)22-17(23-18)10-14-5-7-19(20,21)8-6-14/h9,11,14-15H,3-8,10H2,1-2H3. The summed E-state index contributed by atoms with van der Waals surface area (Å²) in [6, 6.07) is 4.07. The molecule has 0 aromatic carbocycles. The number of hydrogen-bond acceptors (Lipinski definition) is 3. The van der Waals surface area contributed by atoms with Crippen LogP contribution in [0.25, 0.3) is 5.82 Å². The molecule has 0 spiro atoms. The molecule has 0 radical (unpaired) electrons. The summed E-state index contributed by atoms with van der Waals surface area (Å²) in [4.78, 5) is 9.47. The van der Waals surface area contributed by atoms with Crippen molar-refractivity contribution < 1.29 is 8.78 Å². The SMILES string of the molecule is Cc1cc(C)n(-c2cc(C3CC3)nc(CC3CCC(F)(F)CC3)n2)n1. The van der Waals surface area contributed by atoms with Gasteiger partial charge in [0, 0.05) is 42.6 Å². The van der Waals surface area contributed by atoms with Gasteiger partial charge in [-0.1, -0.05) is 0 Å². The normalized spacial score (nSPS) is 20.8. The lowest BCUT2D eigenvalue weighted by molar-refractivity contribution is -0.0458. The molecule has 0 N–H and O–H groups in total. The molecule has 0 bridgehead atoms. The number of rotatable bonds is 4. The molecule has 25 heavy (non-hydrogen) atoms. The number of halogens is 2. The van der Waals surface area contributed by atoms with Crippen LogP contribution in [0.5, 0.6) is 0 Å². The third-order valence-corrected chi connectivity index (χ3v) is 5.31. The summed E-state index contributed by atoms with van der Waals surface area (Å²) in [6.45, 7) is 3.98.